The maximum absolute atomic E-state index is 11.4. The molecule has 2 aromatic rings. The Morgan fingerprint density at radius 3 is 2.52 bits per heavy atom. The minimum Gasteiger partial charge on any atom is -0.423 e. The molecular formula is C20H17N3O4. The van der Waals surface area contributed by atoms with Crippen molar-refractivity contribution in [1.82, 2.24) is 0 Å². The van der Waals surface area contributed by atoms with Crippen molar-refractivity contribution in [2.24, 2.45) is 4.99 Å². The Hall–Kier alpha value is -3.79. The molecule has 1 atom stereocenters. The molecule has 2 aromatic carbocycles. The fourth-order valence-electron chi connectivity index (χ4n) is 2.63. The van der Waals surface area contributed by atoms with Gasteiger partial charge in [-0.3, -0.25) is 9.59 Å². The van der Waals surface area contributed by atoms with Gasteiger partial charge in [-0.1, -0.05) is 12.0 Å². The van der Waals surface area contributed by atoms with Crippen LogP contribution in [0.2, 0.25) is 0 Å². The lowest BCUT2D eigenvalue weighted by Crippen LogP contribution is -2.18. The maximum atomic E-state index is 11.4. The van der Waals surface area contributed by atoms with Crippen molar-refractivity contribution in [3.63, 3.8) is 0 Å². The quantitative estimate of drug-likeness (QED) is 0.493. The molecule has 136 valence electrons. The minimum atomic E-state index is -0.526. The largest absolute Gasteiger partial charge is 0.423 e. The molecule has 3 rings (SSSR count). The lowest BCUT2D eigenvalue weighted by Gasteiger charge is -2.24. The predicted molar refractivity (Wildman–Crippen MR) is 102 cm³/mol. The molecule has 0 saturated carbocycles. The summed E-state index contributed by atoms with van der Waals surface area (Å²) in [6.45, 7) is 2.54. The Labute approximate surface area is 156 Å². The van der Waals surface area contributed by atoms with Gasteiger partial charge in [-0.05, 0) is 24.3 Å². The molecule has 0 amide bonds. The fraction of sp³-hybridized carbons (Fsp3) is 0.150. The molecule has 7 nitrogen and oxygen atoms in total. The molecule has 0 aromatic heterocycles. The number of ether oxygens (including phenoxy) is 2. The van der Waals surface area contributed by atoms with Gasteiger partial charge in [-0.15, -0.1) is 6.42 Å². The van der Waals surface area contributed by atoms with E-state index in [0.29, 0.717) is 5.69 Å². The standard InChI is InChI=1S/C20H17N3O4/c1-4-14-6-5-7-15(8-14)23-20-16-9-18(26-12(2)24)19(27-13(3)25)10-17(16)21-11-22-20/h1,5-11,20,23H,2-3H3,(H,21,22). The van der Waals surface area contributed by atoms with Crippen LogP contribution in [0.15, 0.2) is 41.4 Å². The second kappa shape index (κ2) is 7.62. The Morgan fingerprint density at radius 2 is 1.85 bits per heavy atom. The van der Waals surface area contributed by atoms with Gasteiger partial charge >= 0.3 is 11.9 Å². The van der Waals surface area contributed by atoms with E-state index < -0.39 is 18.1 Å². The summed E-state index contributed by atoms with van der Waals surface area (Å²) in [6, 6.07) is 10.6. The number of nitrogens with zero attached hydrogens (tertiary/aromatic N) is 1. The van der Waals surface area contributed by atoms with E-state index in [4.69, 9.17) is 15.9 Å². The van der Waals surface area contributed by atoms with E-state index >= 15 is 0 Å². The summed E-state index contributed by atoms with van der Waals surface area (Å²) in [5, 5.41) is 6.27. The Bertz CT molecular complexity index is 976. The van der Waals surface area contributed by atoms with Gasteiger partial charge in [0, 0.05) is 36.7 Å². The third-order valence-electron chi connectivity index (χ3n) is 3.69. The highest BCUT2D eigenvalue weighted by molar-refractivity contribution is 5.84. The van der Waals surface area contributed by atoms with E-state index in [-0.39, 0.29) is 11.5 Å². The molecule has 1 heterocycles. The number of terminal acetylenes is 1. The number of anilines is 2. The van der Waals surface area contributed by atoms with Gasteiger partial charge in [0.25, 0.3) is 0 Å². The molecule has 7 heteroatoms. The van der Waals surface area contributed by atoms with Crippen molar-refractivity contribution < 1.29 is 19.1 Å². The summed E-state index contributed by atoms with van der Waals surface area (Å²) in [7, 11) is 0. The molecule has 1 unspecified atom stereocenters. The van der Waals surface area contributed by atoms with E-state index in [0.717, 1.165) is 16.8 Å². The number of fused-ring (bicyclic) bond motifs is 1. The third kappa shape index (κ3) is 4.25. The highest BCUT2D eigenvalue weighted by Crippen LogP contribution is 2.39. The zero-order valence-electron chi connectivity index (χ0n) is 14.8. The van der Waals surface area contributed by atoms with Crippen molar-refractivity contribution in [3.8, 4) is 23.8 Å². The summed E-state index contributed by atoms with van der Waals surface area (Å²) in [5.41, 5.74) is 2.92. The number of carbonyl (C=O) groups excluding carboxylic acids is 2. The van der Waals surface area contributed by atoms with Crippen LogP contribution >= 0.6 is 0 Å². The third-order valence-corrected chi connectivity index (χ3v) is 3.69. The molecule has 0 saturated heterocycles. The summed E-state index contributed by atoms with van der Waals surface area (Å²) in [6.07, 6.45) is 6.53. The zero-order chi connectivity index (χ0) is 19.4. The molecule has 27 heavy (non-hydrogen) atoms. The Balaban J connectivity index is 1.98. The Morgan fingerprint density at radius 1 is 1.15 bits per heavy atom. The Kier molecular flexibility index (Phi) is 5.08. The van der Waals surface area contributed by atoms with Crippen molar-refractivity contribution in [3.05, 3.63) is 47.5 Å². The monoisotopic (exact) mass is 363 g/mol. The summed E-state index contributed by atoms with van der Waals surface area (Å²) in [5.74, 6) is 1.82. The maximum Gasteiger partial charge on any atom is 0.308 e. The van der Waals surface area contributed by atoms with Crippen molar-refractivity contribution in [2.45, 2.75) is 20.0 Å². The first kappa shape index (κ1) is 18.0. The first-order valence-corrected chi connectivity index (χ1v) is 8.12. The van der Waals surface area contributed by atoms with Crippen LogP contribution in [0, 0.1) is 12.3 Å². The number of hydrogen-bond donors (Lipinski definition) is 2. The summed E-state index contributed by atoms with van der Waals surface area (Å²) < 4.78 is 10.4. The van der Waals surface area contributed by atoms with Gasteiger partial charge < -0.3 is 20.1 Å². The van der Waals surface area contributed by atoms with Gasteiger partial charge in [0.15, 0.2) is 11.5 Å². The van der Waals surface area contributed by atoms with Crippen LogP contribution in [0.25, 0.3) is 0 Å². The SMILES string of the molecule is C#Cc1cccc(NC2N=CNc3cc(OC(C)=O)c(OC(C)=O)cc32)c1. The van der Waals surface area contributed by atoms with Crippen LogP contribution in [0.3, 0.4) is 0 Å². The van der Waals surface area contributed by atoms with Crippen LogP contribution < -0.4 is 20.1 Å². The number of rotatable bonds is 4. The average molecular weight is 363 g/mol. The molecular weight excluding hydrogens is 346 g/mol. The van der Waals surface area contributed by atoms with Crippen molar-refractivity contribution in [1.29, 1.82) is 0 Å². The molecule has 1 aliphatic heterocycles. The van der Waals surface area contributed by atoms with E-state index in [9.17, 15) is 9.59 Å². The average Bonchev–Trinajstić information content (AvgIpc) is 2.62. The van der Waals surface area contributed by atoms with E-state index in [2.05, 4.69) is 21.5 Å². The highest BCUT2D eigenvalue weighted by Gasteiger charge is 2.22. The molecule has 0 spiro atoms. The van der Waals surface area contributed by atoms with Crippen molar-refractivity contribution in [2.75, 3.05) is 10.6 Å². The van der Waals surface area contributed by atoms with Gasteiger partial charge in [0.05, 0.1) is 12.0 Å². The van der Waals surface area contributed by atoms with E-state index in [1.165, 1.54) is 20.2 Å². The van der Waals surface area contributed by atoms with Crippen LogP contribution in [-0.4, -0.2) is 18.3 Å². The number of esters is 2. The molecule has 0 radical (unpaired) electrons. The number of aliphatic imine (C=N–C) groups is 1. The van der Waals surface area contributed by atoms with Gasteiger partial charge in [-0.2, -0.15) is 0 Å². The summed E-state index contributed by atoms with van der Waals surface area (Å²) in [4.78, 5) is 27.2. The first-order chi connectivity index (χ1) is 13.0. The van der Waals surface area contributed by atoms with E-state index in [1.807, 2.05) is 24.3 Å². The minimum absolute atomic E-state index is 0.138. The fourth-order valence-corrected chi connectivity index (χ4v) is 2.63. The second-order valence-corrected chi connectivity index (χ2v) is 5.77. The van der Waals surface area contributed by atoms with E-state index in [1.54, 1.807) is 12.1 Å². The normalized spacial score (nSPS) is 14.3. The topological polar surface area (TPSA) is 89.0 Å². The van der Waals surface area contributed by atoms with Gasteiger partial charge in [-0.25, -0.2) is 4.99 Å². The lowest BCUT2D eigenvalue weighted by molar-refractivity contribution is -0.134. The van der Waals surface area contributed by atoms with Crippen molar-refractivity contribution >= 4 is 29.7 Å². The molecule has 1 aliphatic rings. The van der Waals surface area contributed by atoms with Gasteiger partial charge in [0.2, 0.25) is 0 Å². The highest BCUT2D eigenvalue weighted by atomic mass is 16.6. The smallest absolute Gasteiger partial charge is 0.308 e. The van der Waals surface area contributed by atoms with Crippen LogP contribution in [0.5, 0.6) is 11.5 Å². The number of hydrogen-bond acceptors (Lipinski definition) is 7. The summed E-state index contributed by atoms with van der Waals surface area (Å²) >= 11 is 0. The van der Waals surface area contributed by atoms with Gasteiger partial charge in [0.1, 0.15) is 6.17 Å². The first-order valence-electron chi connectivity index (χ1n) is 8.12. The van der Waals surface area contributed by atoms with Crippen LogP contribution in [0.1, 0.15) is 31.1 Å². The molecule has 2 N–H and O–H groups in total. The lowest BCUT2D eigenvalue weighted by atomic mass is 10.1. The van der Waals surface area contributed by atoms with Crippen LogP contribution in [-0.2, 0) is 9.59 Å². The predicted octanol–water partition coefficient (Wildman–Crippen LogP) is 3.08. The number of benzene rings is 2. The van der Waals surface area contributed by atoms with Crippen LogP contribution in [0.4, 0.5) is 11.4 Å². The number of nitrogens with one attached hydrogen (secondary N) is 2. The molecule has 0 fully saturated rings. The molecule has 0 bridgehead atoms. The second-order valence-electron chi connectivity index (χ2n) is 5.77. The number of carbonyl (C=O) groups is 2. The zero-order valence-corrected chi connectivity index (χ0v) is 14.8. The molecule has 0 aliphatic carbocycles.